The second-order valence-electron chi connectivity index (χ2n) is 4.50. The lowest BCUT2D eigenvalue weighted by molar-refractivity contribution is -0.141. The van der Waals surface area contributed by atoms with Crippen molar-refractivity contribution in [3.8, 4) is 0 Å². The summed E-state index contributed by atoms with van der Waals surface area (Å²) in [6.45, 7) is 0. The molecule has 0 saturated heterocycles. The predicted molar refractivity (Wildman–Crippen MR) is 68.1 cm³/mol. The van der Waals surface area contributed by atoms with Gasteiger partial charge >= 0.3 is 12.4 Å². The highest BCUT2D eigenvalue weighted by Crippen LogP contribution is 2.46. The molecule has 0 radical (unpaired) electrons. The number of anilines is 2. The average Bonchev–Trinajstić information content (AvgIpc) is 2.41. The second-order valence-corrected chi connectivity index (χ2v) is 5.58. The summed E-state index contributed by atoms with van der Waals surface area (Å²) in [6, 6.07) is 3.88. The molecule has 116 valence electrons. The molecule has 0 saturated carbocycles. The van der Waals surface area contributed by atoms with Crippen molar-refractivity contribution in [3.63, 3.8) is 0 Å². The van der Waals surface area contributed by atoms with Crippen LogP contribution in [0.5, 0.6) is 0 Å². The molecule has 9 heteroatoms. The fourth-order valence-electron chi connectivity index (χ4n) is 1.92. The number of nitrogens with one attached hydrogen (secondary N) is 1. The van der Waals surface area contributed by atoms with Crippen LogP contribution >= 0.6 is 11.8 Å². The molecule has 2 heterocycles. The van der Waals surface area contributed by atoms with Gasteiger partial charge in [-0.1, -0.05) is 11.8 Å². The van der Waals surface area contributed by atoms with Gasteiger partial charge in [-0.3, -0.25) is 0 Å². The molecule has 1 N–H and O–H groups in total. The Hall–Kier alpha value is -1.90. The largest absolute Gasteiger partial charge is 0.433 e. The van der Waals surface area contributed by atoms with Crippen molar-refractivity contribution in [1.82, 2.24) is 4.98 Å². The lowest BCUT2D eigenvalue weighted by Gasteiger charge is -2.22. The summed E-state index contributed by atoms with van der Waals surface area (Å²) in [7, 11) is 0. The Bertz CT molecular complexity index is 677. The standard InChI is InChI=1S/C13H6F6N2S/c14-12(15,16)6-1-2-7-9(3-6)22-10-4-11(13(17,18)19)20-5-8(10)21-7/h1-5,21H. The van der Waals surface area contributed by atoms with Gasteiger partial charge in [-0.05, 0) is 24.3 Å². The van der Waals surface area contributed by atoms with E-state index in [1.54, 1.807) is 0 Å². The molecule has 2 aromatic rings. The number of fused-ring (bicyclic) bond motifs is 2. The molecule has 0 fully saturated rings. The van der Waals surface area contributed by atoms with Crippen LogP contribution in [0.4, 0.5) is 37.7 Å². The van der Waals surface area contributed by atoms with Crippen LogP contribution in [-0.4, -0.2) is 4.98 Å². The first-order valence-corrected chi connectivity index (χ1v) is 6.69. The molecular formula is C13H6F6N2S. The Labute approximate surface area is 124 Å². The van der Waals surface area contributed by atoms with Crippen LogP contribution < -0.4 is 5.32 Å². The van der Waals surface area contributed by atoms with E-state index in [4.69, 9.17) is 0 Å². The van der Waals surface area contributed by atoms with E-state index in [2.05, 4.69) is 10.3 Å². The molecule has 0 amide bonds. The number of alkyl halides is 6. The van der Waals surface area contributed by atoms with Crippen molar-refractivity contribution in [2.24, 2.45) is 0 Å². The maximum atomic E-state index is 12.7. The minimum atomic E-state index is -4.61. The summed E-state index contributed by atoms with van der Waals surface area (Å²) in [5, 5.41) is 2.78. The monoisotopic (exact) mass is 336 g/mol. The van der Waals surface area contributed by atoms with E-state index in [0.717, 1.165) is 36.2 Å². The quantitative estimate of drug-likeness (QED) is 0.562. The molecule has 0 unspecified atom stereocenters. The van der Waals surface area contributed by atoms with Crippen LogP contribution in [0.15, 0.2) is 40.3 Å². The molecule has 3 rings (SSSR count). The predicted octanol–water partition coefficient (Wildman–Crippen LogP) is 5.33. The number of nitrogens with zero attached hydrogens (tertiary/aromatic N) is 1. The Balaban J connectivity index is 2.00. The third-order valence-corrected chi connectivity index (χ3v) is 4.07. The van der Waals surface area contributed by atoms with Crippen LogP contribution in [0.1, 0.15) is 11.3 Å². The summed E-state index contributed by atoms with van der Waals surface area (Å²) in [6.07, 6.45) is -8.10. The first kappa shape index (κ1) is 15.0. The van der Waals surface area contributed by atoms with Crippen molar-refractivity contribution in [2.75, 3.05) is 5.32 Å². The highest BCUT2D eigenvalue weighted by Gasteiger charge is 2.35. The van der Waals surface area contributed by atoms with Gasteiger partial charge in [-0.25, -0.2) is 4.98 Å². The smallest absolute Gasteiger partial charge is 0.352 e. The molecule has 0 bridgehead atoms. The van der Waals surface area contributed by atoms with Crippen molar-refractivity contribution in [3.05, 3.63) is 41.7 Å². The third kappa shape index (κ3) is 2.72. The molecule has 1 aromatic carbocycles. The van der Waals surface area contributed by atoms with Gasteiger partial charge in [0.1, 0.15) is 5.69 Å². The SMILES string of the molecule is FC(F)(F)c1ccc2c(c1)Sc1cc(C(F)(F)F)ncc1N2. The number of rotatable bonds is 0. The van der Waals surface area contributed by atoms with E-state index >= 15 is 0 Å². The first-order chi connectivity index (χ1) is 10.1. The zero-order chi connectivity index (χ0) is 16.1. The lowest BCUT2D eigenvalue weighted by Crippen LogP contribution is -2.10. The summed E-state index contributed by atoms with van der Waals surface area (Å²) < 4.78 is 76.0. The molecule has 1 aromatic heterocycles. The minimum Gasteiger partial charge on any atom is -0.352 e. The molecule has 0 atom stereocenters. The normalized spacial score (nSPS) is 14.1. The van der Waals surface area contributed by atoms with Gasteiger partial charge in [0.2, 0.25) is 0 Å². The number of aromatic nitrogens is 1. The van der Waals surface area contributed by atoms with Crippen molar-refractivity contribution in [1.29, 1.82) is 0 Å². The Morgan fingerprint density at radius 1 is 0.864 bits per heavy atom. The topological polar surface area (TPSA) is 24.9 Å². The molecule has 0 aliphatic carbocycles. The third-order valence-electron chi connectivity index (χ3n) is 2.95. The Kier molecular flexibility index (Phi) is 3.28. The molecule has 22 heavy (non-hydrogen) atoms. The van der Waals surface area contributed by atoms with E-state index in [9.17, 15) is 26.3 Å². The fourth-order valence-corrected chi connectivity index (χ4v) is 2.96. The summed E-state index contributed by atoms with van der Waals surface area (Å²) in [5.41, 5.74) is -1.22. The van der Waals surface area contributed by atoms with E-state index in [-0.39, 0.29) is 9.79 Å². The second kappa shape index (κ2) is 4.80. The van der Waals surface area contributed by atoms with Gasteiger partial charge in [-0.2, -0.15) is 26.3 Å². The number of benzene rings is 1. The molecular weight excluding hydrogens is 330 g/mol. The number of hydrogen-bond acceptors (Lipinski definition) is 3. The molecule has 1 aliphatic rings. The van der Waals surface area contributed by atoms with Crippen molar-refractivity contribution < 1.29 is 26.3 Å². The molecule has 2 nitrogen and oxygen atoms in total. The fraction of sp³-hybridized carbons (Fsp3) is 0.154. The van der Waals surface area contributed by atoms with Gasteiger partial charge in [-0.15, -0.1) is 0 Å². The summed E-state index contributed by atoms with van der Waals surface area (Å²) >= 11 is 0.841. The first-order valence-electron chi connectivity index (χ1n) is 5.88. The van der Waals surface area contributed by atoms with E-state index in [1.165, 1.54) is 6.07 Å². The van der Waals surface area contributed by atoms with Crippen LogP contribution in [0.2, 0.25) is 0 Å². The molecule has 0 spiro atoms. The van der Waals surface area contributed by atoms with E-state index in [0.29, 0.717) is 11.4 Å². The Morgan fingerprint density at radius 3 is 2.18 bits per heavy atom. The summed E-state index contributed by atoms with van der Waals surface area (Å²) in [5.74, 6) is 0. The maximum Gasteiger partial charge on any atom is 0.433 e. The van der Waals surface area contributed by atoms with Crippen molar-refractivity contribution >= 4 is 23.1 Å². The highest BCUT2D eigenvalue weighted by atomic mass is 32.2. The van der Waals surface area contributed by atoms with Gasteiger partial charge in [0.25, 0.3) is 0 Å². The zero-order valence-electron chi connectivity index (χ0n) is 10.5. The maximum absolute atomic E-state index is 12.7. The van der Waals surface area contributed by atoms with Crippen LogP contribution in [0, 0.1) is 0 Å². The zero-order valence-corrected chi connectivity index (χ0v) is 11.3. The van der Waals surface area contributed by atoms with Gasteiger partial charge in [0, 0.05) is 9.79 Å². The van der Waals surface area contributed by atoms with Crippen LogP contribution in [0.25, 0.3) is 0 Å². The number of hydrogen-bond donors (Lipinski definition) is 1. The van der Waals surface area contributed by atoms with Gasteiger partial charge in [0.05, 0.1) is 23.1 Å². The van der Waals surface area contributed by atoms with Crippen molar-refractivity contribution in [2.45, 2.75) is 22.1 Å². The highest BCUT2D eigenvalue weighted by molar-refractivity contribution is 7.99. The van der Waals surface area contributed by atoms with Crippen LogP contribution in [0.3, 0.4) is 0 Å². The van der Waals surface area contributed by atoms with E-state index in [1.807, 2.05) is 0 Å². The lowest BCUT2D eigenvalue weighted by atomic mass is 10.2. The minimum absolute atomic E-state index is 0.175. The Morgan fingerprint density at radius 2 is 1.55 bits per heavy atom. The number of pyridine rings is 1. The van der Waals surface area contributed by atoms with Gasteiger partial charge in [0.15, 0.2) is 0 Å². The van der Waals surface area contributed by atoms with E-state index < -0.39 is 23.6 Å². The molecule has 1 aliphatic heterocycles. The van der Waals surface area contributed by atoms with Crippen LogP contribution in [-0.2, 0) is 12.4 Å². The summed E-state index contributed by atoms with van der Waals surface area (Å²) in [4.78, 5) is 3.70. The number of halogens is 6. The van der Waals surface area contributed by atoms with Gasteiger partial charge < -0.3 is 5.32 Å². The average molecular weight is 336 g/mol.